The Balaban J connectivity index is 1.76. The summed E-state index contributed by atoms with van der Waals surface area (Å²) < 4.78 is 1.98. The molecule has 0 radical (unpaired) electrons. The van der Waals surface area contributed by atoms with Crippen molar-refractivity contribution in [1.82, 2.24) is 14.5 Å². The first kappa shape index (κ1) is 14.3. The number of rotatable bonds is 2. The minimum atomic E-state index is 0.275. The first-order valence-electron chi connectivity index (χ1n) is 8.27. The van der Waals surface area contributed by atoms with E-state index in [9.17, 15) is 5.11 Å². The molecule has 23 heavy (non-hydrogen) atoms. The molecule has 1 aliphatic carbocycles. The molecule has 2 N–H and O–H groups in total. The Kier molecular flexibility index (Phi) is 3.18. The van der Waals surface area contributed by atoms with Crippen molar-refractivity contribution in [2.24, 2.45) is 7.05 Å². The molecule has 1 aromatic heterocycles. The molecule has 5 nitrogen and oxygen atoms in total. The van der Waals surface area contributed by atoms with Crippen molar-refractivity contribution < 1.29 is 5.11 Å². The van der Waals surface area contributed by atoms with Crippen molar-refractivity contribution in [2.75, 3.05) is 6.54 Å². The Morgan fingerprint density at radius 1 is 1.26 bits per heavy atom. The van der Waals surface area contributed by atoms with Crippen LogP contribution >= 0.6 is 0 Å². The molecule has 0 atom stereocenters. The summed E-state index contributed by atoms with van der Waals surface area (Å²) in [4.78, 5) is 6.74. The number of nitrogens with one attached hydrogen (secondary N) is 1. The van der Waals surface area contributed by atoms with Gasteiger partial charge in [-0.3, -0.25) is 5.41 Å². The number of aromatic nitrogens is 2. The van der Waals surface area contributed by atoms with Gasteiger partial charge in [0.25, 0.3) is 0 Å². The number of amidine groups is 1. The van der Waals surface area contributed by atoms with Gasteiger partial charge in [0.2, 0.25) is 0 Å². The number of imidazole rings is 1. The van der Waals surface area contributed by atoms with E-state index < -0.39 is 0 Å². The third-order valence-electron chi connectivity index (χ3n) is 5.16. The van der Waals surface area contributed by atoms with Gasteiger partial charge in [0.1, 0.15) is 17.4 Å². The second-order valence-electron chi connectivity index (χ2n) is 6.72. The van der Waals surface area contributed by atoms with Gasteiger partial charge < -0.3 is 14.6 Å². The SMILES string of the molecule is Cc1ccc2c(c1)nc(C1=C(O)CN(C3CCCC3)C1=N)n2C. The van der Waals surface area contributed by atoms with Crippen molar-refractivity contribution >= 4 is 22.4 Å². The maximum Gasteiger partial charge on any atom is 0.148 e. The molecule has 1 fully saturated rings. The van der Waals surface area contributed by atoms with E-state index in [1.165, 1.54) is 12.8 Å². The Hall–Kier alpha value is -2.30. The molecular weight excluding hydrogens is 288 g/mol. The molecular formula is C18H22N4O. The van der Waals surface area contributed by atoms with Crippen LogP contribution < -0.4 is 0 Å². The normalized spacial score (nSPS) is 19.6. The van der Waals surface area contributed by atoms with E-state index in [2.05, 4.69) is 6.07 Å². The number of aliphatic hydroxyl groups excluding tert-OH is 1. The molecule has 5 heteroatoms. The third-order valence-corrected chi connectivity index (χ3v) is 5.16. The highest BCUT2D eigenvalue weighted by Gasteiger charge is 2.36. The highest BCUT2D eigenvalue weighted by molar-refractivity contribution is 6.23. The van der Waals surface area contributed by atoms with Crippen molar-refractivity contribution in [2.45, 2.75) is 38.6 Å². The van der Waals surface area contributed by atoms with Crippen LogP contribution in [0.3, 0.4) is 0 Å². The lowest BCUT2D eigenvalue weighted by Gasteiger charge is -2.25. The summed E-state index contributed by atoms with van der Waals surface area (Å²) in [5.74, 6) is 1.38. The molecule has 2 heterocycles. The number of hydrogen-bond donors (Lipinski definition) is 2. The number of aryl methyl sites for hydroxylation is 2. The number of benzene rings is 1. The van der Waals surface area contributed by atoms with Crippen molar-refractivity contribution in [3.05, 3.63) is 35.3 Å². The molecule has 2 aliphatic rings. The van der Waals surface area contributed by atoms with E-state index in [1.54, 1.807) is 0 Å². The average Bonchev–Trinajstić information content (AvgIpc) is 3.20. The molecule has 1 saturated carbocycles. The molecule has 2 aromatic rings. The van der Waals surface area contributed by atoms with Gasteiger partial charge >= 0.3 is 0 Å². The van der Waals surface area contributed by atoms with Gasteiger partial charge in [-0.15, -0.1) is 0 Å². The molecule has 0 spiro atoms. The molecule has 1 aliphatic heterocycles. The zero-order chi connectivity index (χ0) is 16.1. The van der Waals surface area contributed by atoms with E-state index in [0.29, 0.717) is 29.8 Å². The van der Waals surface area contributed by atoms with Gasteiger partial charge in [0.05, 0.1) is 23.2 Å². The van der Waals surface area contributed by atoms with Crippen molar-refractivity contribution in [3.63, 3.8) is 0 Å². The number of nitrogens with zero attached hydrogens (tertiary/aromatic N) is 3. The van der Waals surface area contributed by atoms with E-state index >= 15 is 0 Å². The monoisotopic (exact) mass is 310 g/mol. The second kappa shape index (κ2) is 5.11. The highest BCUT2D eigenvalue weighted by atomic mass is 16.3. The zero-order valence-electron chi connectivity index (χ0n) is 13.6. The van der Waals surface area contributed by atoms with E-state index in [0.717, 1.165) is 29.4 Å². The van der Waals surface area contributed by atoms with Crippen molar-refractivity contribution in [1.29, 1.82) is 5.41 Å². The van der Waals surface area contributed by atoms with Crippen LogP contribution in [0.15, 0.2) is 24.0 Å². The van der Waals surface area contributed by atoms with Gasteiger partial charge in [-0.2, -0.15) is 0 Å². The lowest BCUT2D eigenvalue weighted by Crippen LogP contribution is -2.35. The summed E-state index contributed by atoms with van der Waals surface area (Å²) >= 11 is 0. The van der Waals surface area contributed by atoms with Crippen LogP contribution in [0.4, 0.5) is 0 Å². The van der Waals surface area contributed by atoms with Crippen LogP contribution in [-0.2, 0) is 7.05 Å². The summed E-state index contributed by atoms with van der Waals surface area (Å²) in [5, 5.41) is 19.1. The predicted octanol–water partition coefficient (Wildman–Crippen LogP) is 3.39. The smallest absolute Gasteiger partial charge is 0.148 e. The van der Waals surface area contributed by atoms with Crippen LogP contribution in [0.25, 0.3) is 16.6 Å². The average molecular weight is 310 g/mol. The van der Waals surface area contributed by atoms with Crippen LogP contribution in [-0.4, -0.2) is 38.0 Å². The lowest BCUT2D eigenvalue weighted by molar-refractivity contribution is 0.296. The lowest BCUT2D eigenvalue weighted by atomic mass is 10.2. The summed E-state index contributed by atoms with van der Waals surface area (Å²) in [6, 6.07) is 6.54. The summed E-state index contributed by atoms with van der Waals surface area (Å²) in [6.07, 6.45) is 4.67. The fourth-order valence-electron chi connectivity index (χ4n) is 3.90. The third kappa shape index (κ3) is 2.14. The molecule has 0 unspecified atom stereocenters. The minimum absolute atomic E-state index is 0.275. The quantitative estimate of drug-likeness (QED) is 0.893. The number of fused-ring (bicyclic) bond motifs is 1. The van der Waals surface area contributed by atoms with Crippen LogP contribution in [0, 0.1) is 12.3 Å². The first-order chi connectivity index (χ1) is 11.1. The zero-order valence-corrected chi connectivity index (χ0v) is 13.6. The summed E-state index contributed by atoms with van der Waals surface area (Å²) in [6.45, 7) is 2.49. The summed E-state index contributed by atoms with van der Waals surface area (Å²) in [5.41, 5.74) is 3.69. The Morgan fingerprint density at radius 2 is 2.00 bits per heavy atom. The number of aliphatic hydroxyl groups is 1. The second-order valence-corrected chi connectivity index (χ2v) is 6.72. The minimum Gasteiger partial charge on any atom is -0.510 e. The molecule has 0 saturated heterocycles. The van der Waals surface area contributed by atoms with Crippen LogP contribution in [0.1, 0.15) is 37.1 Å². The van der Waals surface area contributed by atoms with Crippen LogP contribution in [0.2, 0.25) is 0 Å². The molecule has 120 valence electrons. The first-order valence-corrected chi connectivity index (χ1v) is 8.27. The van der Waals surface area contributed by atoms with E-state index in [4.69, 9.17) is 10.4 Å². The Bertz CT molecular complexity index is 827. The van der Waals surface area contributed by atoms with Gasteiger partial charge in [-0.05, 0) is 37.5 Å². The molecule has 4 rings (SSSR count). The Labute approximate surface area is 135 Å². The van der Waals surface area contributed by atoms with Gasteiger partial charge in [-0.1, -0.05) is 18.9 Å². The largest absolute Gasteiger partial charge is 0.510 e. The molecule has 0 bridgehead atoms. The number of hydrogen-bond acceptors (Lipinski definition) is 3. The van der Waals surface area contributed by atoms with Gasteiger partial charge in [0, 0.05) is 13.1 Å². The maximum atomic E-state index is 10.5. The van der Waals surface area contributed by atoms with E-state index in [-0.39, 0.29) is 5.76 Å². The van der Waals surface area contributed by atoms with Crippen molar-refractivity contribution in [3.8, 4) is 0 Å². The van der Waals surface area contributed by atoms with Gasteiger partial charge in [0.15, 0.2) is 0 Å². The van der Waals surface area contributed by atoms with Gasteiger partial charge in [-0.25, -0.2) is 4.98 Å². The fourth-order valence-corrected chi connectivity index (χ4v) is 3.90. The van der Waals surface area contributed by atoms with E-state index in [1.807, 2.05) is 35.6 Å². The standard InChI is InChI=1S/C18H22N4O/c1-11-7-8-14-13(9-11)20-18(21(14)2)16-15(23)10-22(17(16)19)12-5-3-4-6-12/h7-9,12,19,23H,3-6,10H2,1-2H3. The molecule has 0 amide bonds. The van der Waals surface area contributed by atoms with Crippen LogP contribution in [0.5, 0.6) is 0 Å². The predicted molar refractivity (Wildman–Crippen MR) is 91.7 cm³/mol. The highest BCUT2D eigenvalue weighted by Crippen LogP contribution is 2.34. The topological polar surface area (TPSA) is 65.1 Å². The molecule has 1 aromatic carbocycles. The Morgan fingerprint density at radius 3 is 2.74 bits per heavy atom. The maximum absolute atomic E-state index is 10.5. The summed E-state index contributed by atoms with van der Waals surface area (Å²) in [7, 11) is 1.95. The fraction of sp³-hybridized carbons (Fsp3) is 0.444.